The molecule has 1 aromatic heterocycles. The van der Waals surface area contributed by atoms with Crippen molar-refractivity contribution in [1.29, 1.82) is 0 Å². The fraction of sp³-hybridized carbons (Fsp3) is 0.286. The second-order valence-electron chi connectivity index (χ2n) is 4.95. The Balaban J connectivity index is 2.16. The average molecular weight is 361 g/mol. The van der Waals surface area contributed by atoms with E-state index in [1.165, 1.54) is 18.2 Å². The Labute approximate surface area is 136 Å². The molecule has 2 aromatic rings. The van der Waals surface area contributed by atoms with E-state index in [0.29, 0.717) is 11.1 Å². The maximum absolute atomic E-state index is 12.4. The van der Waals surface area contributed by atoms with Gasteiger partial charge in [0.2, 0.25) is 15.8 Å². The van der Waals surface area contributed by atoms with E-state index >= 15 is 0 Å². The third kappa shape index (κ3) is 4.42. The molecule has 0 radical (unpaired) electrons. The van der Waals surface area contributed by atoms with Crippen molar-refractivity contribution in [1.82, 2.24) is 14.9 Å². The SMILES string of the molecule is C=CCS(=O)(=O)NC(C)c1ccc(-c2noc(C(F)(F)F)n2)cc1. The second-order valence-corrected chi connectivity index (χ2v) is 6.75. The van der Waals surface area contributed by atoms with Crippen molar-refractivity contribution >= 4 is 10.0 Å². The lowest BCUT2D eigenvalue weighted by Gasteiger charge is -2.14. The number of alkyl halides is 3. The predicted molar refractivity (Wildman–Crippen MR) is 80.3 cm³/mol. The summed E-state index contributed by atoms with van der Waals surface area (Å²) in [6.07, 6.45) is -3.43. The van der Waals surface area contributed by atoms with Crippen molar-refractivity contribution in [2.75, 3.05) is 5.75 Å². The van der Waals surface area contributed by atoms with Gasteiger partial charge in [0.25, 0.3) is 0 Å². The number of sulfonamides is 1. The van der Waals surface area contributed by atoms with Gasteiger partial charge in [-0.2, -0.15) is 18.2 Å². The molecule has 0 spiro atoms. The van der Waals surface area contributed by atoms with Crippen LogP contribution < -0.4 is 4.72 Å². The highest BCUT2D eigenvalue weighted by Crippen LogP contribution is 2.29. The summed E-state index contributed by atoms with van der Waals surface area (Å²) in [5, 5.41) is 3.28. The standard InChI is InChI=1S/C14H14F3N3O3S/c1-3-8-24(21,22)20-9(2)10-4-6-11(7-5-10)12-18-13(23-19-12)14(15,16)17/h3-7,9,20H,1,8H2,2H3. The average Bonchev–Trinajstić information content (AvgIpc) is 2.96. The zero-order valence-electron chi connectivity index (χ0n) is 12.5. The zero-order chi connectivity index (χ0) is 18.0. The maximum Gasteiger partial charge on any atom is 0.471 e. The fourth-order valence-corrected chi connectivity index (χ4v) is 3.00. The molecular weight excluding hydrogens is 347 g/mol. The second kappa shape index (κ2) is 6.73. The number of hydrogen-bond acceptors (Lipinski definition) is 5. The summed E-state index contributed by atoms with van der Waals surface area (Å²) in [7, 11) is -3.49. The molecule has 1 aromatic carbocycles. The van der Waals surface area contributed by atoms with Crippen LogP contribution in [0, 0.1) is 0 Å². The van der Waals surface area contributed by atoms with Crippen LogP contribution in [0.4, 0.5) is 13.2 Å². The predicted octanol–water partition coefficient (Wildman–Crippen LogP) is 2.92. The van der Waals surface area contributed by atoms with Gasteiger partial charge in [-0.3, -0.25) is 0 Å². The largest absolute Gasteiger partial charge is 0.471 e. The highest BCUT2D eigenvalue weighted by atomic mass is 32.2. The number of benzene rings is 1. The van der Waals surface area contributed by atoms with E-state index in [1.807, 2.05) is 0 Å². The van der Waals surface area contributed by atoms with E-state index in [0.717, 1.165) is 0 Å². The molecule has 24 heavy (non-hydrogen) atoms. The first kappa shape index (κ1) is 18.1. The molecule has 2 rings (SSSR count). The van der Waals surface area contributed by atoms with Crippen LogP contribution in [0.15, 0.2) is 41.4 Å². The first-order valence-corrected chi connectivity index (χ1v) is 8.40. The first-order chi connectivity index (χ1) is 11.1. The minimum atomic E-state index is -4.71. The van der Waals surface area contributed by atoms with Gasteiger partial charge in [0.1, 0.15) is 0 Å². The van der Waals surface area contributed by atoms with Crippen LogP contribution in [0.2, 0.25) is 0 Å². The monoisotopic (exact) mass is 361 g/mol. The number of halogens is 3. The summed E-state index contributed by atoms with van der Waals surface area (Å²) < 4.78 is 67.3. The van der Waals surface area contributed by atoms with Crippen molar-refractivity contribution in [2.24, 2.45) is 0 Å². The molecule has 0 fully saturated rings. The lowest BCUT2D eigenvalue weighted by Crippen LogP contribution is -2.28. The Hall–Kier alpha value is -2.20. The van der Waals surface area contributed by atoms with Crippen LogP contribution in [0.3, 0.4) is 0 Å². The molecule has 0 aliphatic carbocycles. The Bertz CT molecular complexity index is 814. The van der Waals surface area contributed by atoms with E-state index in [2.05, 4.69) is 26.0 Å². The van der Waals surface area contributed by atoms with Crippen molar-refractivity contribution in [3.63, 3.8) is 0 Å². The van der Waals surface area contributed by atoms with Gasteiger partial charge in [0, 0.05) is 11.6 Å². The van der Waals surface area contributed by atoms with Gasteiger partial charge in [-0.05, 0) is 12.5 Å². The van der Waals surface area contributed by atoms with Crippen molar-refractivity contribution in [2.45, 2.75) is 19.1 Å². The third-order valence-electron chi connectivity index (χ3n) is 3.03. The molecular formula is C14H14F3N3O3S. The highest BCUT2D eigenvalue weighted by Gasteiger charge is 2.38. The molecule has 0 amide bonds. The molecule has 0 aliphatic rings. The van der Waals surface area contributed by atoms with Crippen molar-refractivity contribution < 1.29 is 26.1 Å². The molecule has 0 aliphatic heterocycles. The number of hydrogen-bond donors (Lipinski definition) is 1. The normalized spacial score (nSPS) is 13.7. The molecule has 1 atom stereocenters. The van der Waals surface area contributed by atoms with Crippen LogP contribution in [0.5, 0.6) is 0 Å². The van der Waals surface area contributed by atoms with Crippen LogP contribution in [0.1, 0.15) is 24.4 Å². The Morgan fingerprint density at radius 1 is 1.33 bits per heavy atom. The van der Waals surface area contributed by atoms with E-state index in [1.54, 1.807) is 19.1 Å². The summed E-state index contributed by atoms with van der Waals surface area (Å²) in [6.45, 7) is 5.01. The molecule has 0 bridgehead atoms. The number of nitrogens with zero attached hydrogens (tertiary/aromatic N) is 2. The Morgan fingerprint density at radius 3 is 2.46 bits per heavy atom. The van der Waals surface area contributed by atoms with Crippen LogP contribution >= 0.6 is 0 Å². The van der Waals surface area contributed by atoms with Crippen molar-refractivity contribution in [3.8, 4) is 11.4 Å². The summed E-state index contributed by atoms with van der Waals surface area (Å²) in [5.41, 5.74) is 0.949. The summed E-state index contributed by atoms with van der Waals surface area (Å²) in [4.78, 5) is 3.28. The van der Waals surface area contributed by atoms with Gasteiger partial charge in [0.15, 0.2) is 0 Å². The quantitative estimate of drug-likeness (QED) is 0.800. The molecule has 130 valence electrons. The lowest BCUT2D eigenvalue weighted by atomic mass is 10.1. The minimum Gasteiger partial charge on any atom is -0.329 e. The fourth-order valence-electron chi connectivity index (χ4n) is 1.92. The van der Waals surface area contributed by atoms with Crippen LogP contribution in [-0.4, -0.2) is 24.3 Å². The molecule has 0 saturated carbocycles. The lowest BCUT2D eigenvalue weighted by molar-refractivity contribution is -0.159. The van der Waals surface area contributed by atoms with Gasteiger partial charge < -0.3 is 4.52 Å². The Morgan fingerprint density at radius 2 is 1.96 bits per heavy atom. The molecule has 1 N–H and O–H groups in total. The molecule has 1 unspecified atom stereocenters. The minimum absolute atomic E-state index is 0.200. The maximum atomic E-state index is 12.4. The molecule has 10 heteroatoms. The molecule has 1 heterocycles. The number of aromatic nitrogens is 2. The topological polar surface area (TPSA) is 85.1 Å². The van der Waals surface area contributed by atoms with Gasteiger partial charge in [-0.1, -0.05) is 35.5 Å². The Kier molecular flexibility index (Phi) is 5.09. The first-order valence-electron chi connectivity index (χ1n) is 6.74. The molecule has 0 saturated heterocycles. The van der Waals surface area contributed by atoms with E-state index < -0.39 is 28.1 Å². The summed E-state index contributed by atoms with van der Waals surface area (Å²) in [5.74, 6) is -1.83. The van der Waals surface area contributed by atoms with E-state index in [-0.39, 0.29) is 11.6 Å². The van der Waals surface area contributed by atoms with E-state index in [9.17, 15) is 21.6 Å². The van der Waals surface area contributed by atoms with Gasteiger partial charge in [-0.15, -0.1) is 6.58 Å². The van der Waals surface area contributed by atoms with Crippen LogP contribution in [0.25, 0.3) is 11.4 Å². The summed E-state index contributed by atoms with van der Waals surface area (Å²) in [6, 6.07) is 5.59. The molecule has 6 nitrogen and oxygen atoms in total. The van der Waals surface area contributed by atoms with Gasteiger partial charge in [0.05, 0.1) is 5.75 Å². The van der Waals surface area contributed by atoms with E-state index in [4.69, 9.17) is 0 Å². The summed E-state index contributed by atoms with van der Waals surface area (Å²) >= 11 is 0. The van der Waals surface area contributed by atoms with Crippen molar-refractivity contribution in [3.05, 3.63) is 48.4 Å². The third-order valence-corrected chi connectivity index (χ3v) is 4.42. The highest BCUT2D eigenvalue weighted by molar-refractivity contribution is 7.89. The van der Waals surface area contributed by atoms with Gasteiger partial charge >= 0.3 is 12.1 Å². The van der Waals surface area contributed by atoms with Crippen LogP contribution in [-0.2, 0) is 16.2 Å². The smallest absolute Gasteiger partial charge is 0.329 e. The zero-order valence-corrected chi connectivity index (χ0v) is 13.4. The number of nitrogens with one attached hydrogen (secondary N) is 1. The number of rotatable bonds is 6. The van der Waals surface area contributed by atoms with Gasteiger partial charge in [-0.25, -0.2) is 13.1 Å².